The van der Waals surface area contributed by atoms with Gasteiger partial charge in [-0.2, -0.15) is 0 Å². The van der Waals surface area contributed by atoms with Gasteiger partial charge in [-0.1, -0.05) is 36.9 Å². The Morgan fingerprint density at radius 2 is 2.11 bits per heavy atom. The fourth-order valence-corrected chi connectivity index (χ4v) is 1.80. The van der Waals surface area contributed by atoms with Crippen molar-refractivity contribution in [3.8, 4) is 0 Å². The molecule has 18 heavy (non-hydrogen) atoms. The van der Waals surface area contributed by atoms with Crippen LogP contribution in [0.15, 0.2) is 35.8 Å². The molecule has 0 unspecified atom stereocenters. The number of aliphatic imine (C=N–C) groups is 1. The van der Waals surface area contributed by atoms with Gasteiger partial charge in [-0.15, -0.1) is 24.0 Å². The summed E-state index contributed by atoms with van der Waals surface area (Å²) in [5.41, 5.74) is 2.50. The van der Waals surface area contributed by atoms with Gasteiger partial charge in [0.2, 0.25) is 0 Å². The lowest BCUT2D eigenvalue weighted by Gasteiger charge is -2.15. The van der Waals surface area contributed by atoms with E-state index in [2.05, 4.69) is 46.5 Å². The van der Waals surface area contributed by atoms with E-state index >= 15 is 0 Å². The zero-order valence-electron chi connectivity index (χ0n) is 10.5. The molecule has 0 fully saturated rings. The molecule has 0 radical (unpaired) electrons. The lowest BCUT2D eigenvalue weighted by Crippen LogP contribution is -2.41. The van der Waals surface area contributed by atoms with E-state index in [1.54, 1.807) is 0 Å². The molecule has 0 amide bonds. The van der Waals surface area contributed by atoms with Crippen molar-refractivity contribution in [2.45, 2.75) is 12.8 Å². The molecule has 3 nitrogen and oxygen atoms in total. The largest absolute Gasteiger partial charge is 0.356 e. The number of benzene rings is 1. The van der Waals surface area contributed by atoms with Crippen molar-refractivity contribution in [2.24, 2.45) is 4.99 Å². The van der Waals surface area contributed by atoms with Gasteiger partial charge in [-0.05, 0) is 24.0 Å². The molecule has 2 N–H and O–H groups in total. The van der Waals surface area contributed by atoms with Crippen LogP contribution in [-0.2, 0) is 6.42 Å². The van der Waals surface area contributed by atoms with Crippen molar-refractivity contribution in [2.75, 3.05) is 19.6 Å². The van der Waals surface area contributed by atoms with Gasteiger partial charge in [0, 0.05) is 19.6 Å². The normalized spacial score (nSPS) is 13.9. The molecule has 98 valence electrons. The fourth-order valence-electron chi connectivity index (χ4n) is 1.80. The minimum atomic E-state index is 0. The van der Waals surface area contributed by atoms with Crippen molar-refractivity contribution < 1.29 is 0 Å². The van der Waals surface area contributed by atoms with Gasteiger partial charge >= 0.3 is 0 Å². The number of hydrogen-bond acceptors (Lipinski definition) is 3. The first-order chi connectivity index (χ1) is 8.38. The molecule has 0 saturated carbocycles. The third-order valence-electron chi connectivity index (χ3n) is 2.82. The maximum Gasteiger partial charge on any atom is 0.191 e. The third kappa shape index (κ3) is 4.68. The van der Waals surface area contributed by atoms with E-state index in [0.29, 0.717) is 0 Å². The summed E-state index contributed by atoms with van der Waals surface area (Å²) in [5, 5.41) is 6.57. The molecule has 0 atom stereocenters. The standard InChI is InChI=1S/C14H19N3.HI/c1-2-12-4-6-13(7-5-12)8-11-17-14-15-9-3-10-16-14;/h2,4-7H,1,3,8-11H2,(H2,15,16,17);1H. The number of nitrogens with one attached hydrogen (secondary N) is 2. The highest BCUT2D eigenvalue weighted by Crippen LogP contribution is 2.05. The molecule has 2 rings (SSSR count). The van der Waals surface area contributed by atoms with E-state index in [1.165, 1.54) is 11.1 Å². The van der Waals surface area contributed by atoms with Crippen molar-refractivity contribution in [3.63, 3.8) is 0 Å². The van der Waals surface area contributed by atoms with Crippen LogP contribution < -0.4 is 10.6 Å². The molecule has 1 aromatic rings. The van der Waals surface area contributed by atoms with Gasteiger partial charge in [0.15, 0.2) is 5.96 Å². The van der Waals surface area contributed by atoms with Crippen LogP contribution in [0, 0.1) is 0 Å². The number of halogens is 1. The smallest absolute Gasteiger partial charge is 0.191 e. The van der Waals surface area contributed by atoms with Gasteiger partial charge in [0.1, 0.15) is 0 Å². The number of guanidine groups is 1. The summed E-state index contributed by atoms with van der Waals surface area (Å²) in [5.74, 6) is 0.943. The minimum Gasteiger partial charge on any atom is -0.356 e. The Morgan fingerprint density at radius 1 is 1.33 bits per heavy atom. The Labute approximate surface area is 126 Å². The van der Waals surface area contributed by atoms with Gasteiger partial charge in [-0.25, -0.2) is 0 Å². The predicted octanol–water partition coefficient (Wildman–Crippen LogP) is 2.43. The molecule has 1 aliphatic rings. The predicted molar refractivity (Wildman–Crippen MR) is 88.6 cm³/mol. The van der Waals surface area contributed by atoms with Crippen LogP contribution in [0.2, 0.25) is 0 Å². The highest BCUT2D eigenvalue weighted by molar-refractivity contribution is 14.0. The SMILES string of the molecule is C=Cc1ccc(CCNC2=NCCCN2)cc1.I. The van der Waals surface area contributed by atoms with Crippen molar-refractivity contribution >= 4 is 36.0 Å². The molecule has 1 aliphatic heterocycles. The minimum absolute atomic E-state index is 0. The van der Waals surface area contributed by atoms with E-state index in [-0.39, 0.29) is 24.0 Å². The van der Waals surface area contributed by atoms with Crippen molar-refractivity contribution in [3.05, 3.63) is 42.0 Å². The molecule has 0 aromatic heterocycles. The molecule has 1 aromatic carbocycles. The Morgan fingerprint density at radius 3 is 2.72 bits per heavy atom. The lowest BCUT2D eigenvalue weighted by molar-refractivity contribution is 0.700. The van der Waals surface area contributed by atoms with E-state index in [4.69, 9.17) is 0 Å². The lowest BCUT2D eigenvalue weighted by atomic mass is 10.1. The zero-order valence-corrected chi connectivity index (χ0v) is 12.8. The van der Waals surface area contributed by atoms with Gasteiger partial charge in [0.05, 0.1) is 0 Å². The summed E-state index contributed by atoms with van der Waals surface area (Å²) in [6.07, 6.45) is 4.01. The molecule has 0 saturated heterocycles. The van der Waals surface area contributed by atoms with E-state index in [0.717, 1.165) is 38.4 Å². The maximum atomic E-state index is 4.37. The first-order valence-corrected chi connectivity index (χ1v) is 6.12. The number of hydrogen-bond donors (Lipinski definition) is 2. The van der Waals surface area contributed by atoms with Crippen LogP contribution in [0.4, 0.5) is 0 Å². The second kappa shape index (κ2) is 8.13. The average Bonchev–Trinajstić information content (AvgIpc) is 2.41. The summed E-state index contributed by atoms with van der Waals surface area (Å²) in [6.45, 7) is 6.63. The van der Waals surface area contributed by atoms with Gasteiger partial charge < -0.3 is 10.6 Å². The van der Waals surface area contributed by atoms with Crippen LogP contribution in [0.1, 0.15) is 17.5 Å². The molecule has 4 heteroatoms. The van der Waals surface area contributed by atoms with Gasteiger partial charge in [-0.3, -0.25) is 4.99 Å². The highest BCUT2D eigenvalue weighted by atomic mass is 127. The Hall–Kier alpha value is -1.04. The first-order valence-electron chi connectivity index (χ1n) is 6.12. The molecule has 0 bridgehead atoms. The quantitative estimate of drug-likeness (QED) is 0.813. The molecule has 1 heterocycles. The van der Waals surface area contributed by atoms with Crippen molar-refractivity contribution in [1.82, 2.24) is 10.6 Å². The highest BCUT2D eigenvalue weighted by Gasteiger charge is 2.02. The van der Waals surface area contributed by atoms with Crippen LogP contribution >= 0.6 is 24.0 Å². The molecule has 0 aliphatic carbocycles. The average molecular weight is 357 g/mol. The van der Waals surface area contributed by atoms with Crippen LogP contribution in [0.3, 0.4) is 0 Å². The van der Waals surface area contributed by atoms with E-state index < -0.39 is 0 Å². The summed E-state index contributed by atoms with van der Waals surface area (Å²) >= 11 is 0. The molecular formula is C14H20IN3. The third-order valence-corrected chi connectivity index (χ3v) is 2.82. The summed E-state index contributed by atoms with van der Waals surface area (Å²) in [6, 6.07) is 8.49. The first kappa shape index (κ1) is 15.0. The zero-order chi connectivity index (χ0) is 11.9. The second-order valence-corrected chi connectivity index (χ2v) is 4.13. The number of nitrogens with zero attached hydrogens (tertiary/aromatic N) is 1. The van der Waals surface area contributed by atoms with Gasteiger partial charge in [0.25, 0.3) is 0 Å². The fraction of sp³-hybridized carbons (Fsp3) is 0.357. The Kier molecular flexibility index (Phi) is 6.78. The molecular weight excluding hydrogens is 337 g/mol. The topological polar surface area (TPSA) is 36.4 Å². The maximum absolute atomic E-state index is 4.37. The van der Waals surface area contributed by atoms with Crippen LogP contribution in [0.25, 0.3) is 6.08 Å². The summed E-state index contributed by atoms with van der Waals surface area (Å²) in [4.78, 5) is 4.37. The number of rotatable bonds is 4. The Bertz CT molecular complexity index is 398. The van der Waals surface area contributed by atoms with Crippen LogP contribution in [0.5, 0.6) is 0 Å². The monoisotopic (exact) mass is 357 g/mol. The second-order valence-electron chi connectivity index (χ2n) is 4.13. The van der Waals surface area contributed by atoms with Crippen molar-refractivity contribution in [1.29, 1.82) is 0 Å². The van der Waals surface area contributed by atoms with Crippen LogP contribution in [-0.4, -0.2) is 25.6 Å². The van der Waals surface area contributed by atoms with E-state index in [9.17, 15) is 0 Å². The molecule has 0 spiro atoms. The summed E-state index contributed by atoms with van der Waals surface area (Å²) in [7, 11) is 0. The Balaban J connectivity index is 0.00000162. The summed E-state index contributed by atoms with van der Waals surface area (Å²) < 4.78 is 0. The van der Waals surface area contributed by atoms with E-state index in [1.807, 2.05) is 6.08 Å².